The van der Waals surface area contributed by atoms with E-state index in [1.54, 1.807) is 36.4 Å². The Morgan fingerprint density at radius 1 is 0.694 bits per heavy atom. The Labute approximate surface area is 208 Å². The number of rotatable bonds is 7. The van der Waals surface area contributed by atoms with Crippen LogP contribution in [0.1, 0.15) is 15.9 Å². The number of amides is 2. The first-order valence-electron chi connectivity index (χ1n) is 11.8. The Kier molecular flexibility index (Phi) is 6.58. The molecule has 0 bridgehead atoms. The number of benzene rings is 4. The molecule has 2 amide bonds. The van der Waals surface area contributed by atoms with Gasteiger partial charge in [-0.25, -0.2) is 0 Å². The predicted molar refractivity (Wildman–Crippen MR) is 143 cm³/mol. The lowest BCUT2D eigenvalue weighted by atomic mass is 10.1. The summed E-state index contributed by atoms with van der Waals surface area (Å²) in [7, 11) is 0. The van der Waals surface area contributed by atoms with Gasteiger partial charge >= 0.3 is 0 Å². The van der Waals surface area contributed by atoms with E-state index in [0.29, 0.717) is 46.0 Å². The van der Waals surface area contributed by atoms with Crippen LogP contribution in [-0.4, -0.2) is 22.9 Å². The van der Waals surface area contributed by atoms with E-state index in [1.807, 2.05) is 71.3 Å². The van der Waals surface area contributed by atoms with Gasteiger partial charge in [0.15, 0.2) is 5.43 Å². The van der Waals surface area contributed by atoms with E-state index in [4.69, 9.17) is 0 Å². The minimum atomic E-state index is -0.293. The SMILES string of the molecule is O=C(Cn1c2ccccc2c(=O)c2ccccc21)Nc1ccccc1C(=O)NCCc1ccccc1. The van der Waals surface area contributed by atoms with Crippen LogP contribution in [0, 0.1) is 0 Å². The van der Waals surface area contributed by atoms with Crippen LogP contribution in [0.3, 0.4) is 0 Å². The van der Waals surface area contributed by atoms with E-state index in [2.05, 4.69) is 10.6 Å². The van der Waals surface area contributed by atoms with Gasteiger partial charge in [0.2, 0.25) is 5.91 Å². The summed E-state index contributed by atoms with van der Waals surface area (Å²) in [6.45, 7) is 0.478. The smallest absolute Gasteiger partial charge is 0.253 e. The average molecular weight is 476 g/mol. The van der Waals surface area contributed by atoms with Crippen LogP contribution in [0.4, 0.5) is 5.69 Å². The van der Waals surface area contributed by atoms with E-state index in [-0.39, 0.29) is 23.8 Å². The zero-order valence-corrected chi connectivity index (χ0v) is 19.6. The molecule has 4 aromatic carbocycles. The highest BCUT2D eigenvalue weighted by molar-refractivity contribution is 6.04. The predicted octanol–water partition coefficient (Wildman–Crippen LogP) is 4.77. The van der Waals surface area contributed by atoms with Crippen molar-refractivity contribution in [1.29, 1.82) is 0 Å². The van der Waals surface area contributed by atoms with Crippen LogP contribution in [0.25, 0.3) is 21.8 Å². The number of hydrogen-bond donors (Lipinski definition) is 2. The fourth-order valence-electron chi connectivity index (χ4n) is 4.43. The molecule has 0 spiro atoms. The molecule has 0 fully saturated rings. The normalized spacial score (nSPS) is 10.9. The van der Waals surface area contributed by atoms with Crippen molar-refractivity contribution in [2.24, 2.45) is 0 Å². The zero-order valence-electron chi connectivity index (χ0n) is 19.6. The van der Waals surface area contributed by atoms with Crippen molar-refractivity contribution in [3.63, 3.8) is 0 Å². The van der Waals surface area contributed by atoms with Crippen molar-refractivity contribution in [2.45, 2.75) is 13.0 Å². The minimum Gasteiger partial charge on any atom is -0.352 e. The van der Waals surface area contributed by atoms with Crippen LogP contribution < -0.4 is 16.1 Å². The number of fused-ring (bicyclic) bond motifs is 2. The maximum atomic E-state index is 13.2. The molecule has 1 heterocycles. The maximum absolute atomic E-state index is 13.2. The molecule has 0 radical (unpaired) electrons. The maximum Gasteiger partial charge on any atom is 0.253 e. The molecule has 5 rings (SSSR count). The summed E-state index contributed by atoms with van der Waals surface area (Å²) < 4.78 is 1.84. The lowest BCUT2D eigenvalue weighted by Crippen LogP contribution is -2.28. The average Bonchev–Trinajstić information content (AvgIpc) is 2.92. The Balaban J connectivity index is 1.36. The van der Waals surface area contributed by atoms with Gasteiger partial charge in [0, 0.05) is 17.3 Å². The van der Waals surface area contributed by atoms with Crippen molar-refractivity contribution in [2.75, 3.05) is 11.9 Å². The highest BCUT2D eigenvalue weighted by Crippen LogP contribution is 2.20. The van der Waals surface area contributed by atoms with Crippen LogP contribution in [0.15, 0.2) is 108 Å². The van der Waals surface area contributed by atoms with Gasteiger partial charge in [0.25, 0.3) is 5.91 Å². The first-order valence-corrected chi connectivity index (χ1v) is 11.8. The van der Waals surface area contributed by atoms with Gasteiger partial charge in [0.05, 0.1) is 22.3 Å². The van der Waals surface area contributed by atoms with E-state index in [0.717, 1.165) is 5.56 Å². The number of pyridine rings is 1. The number of aromatic nitrogens is 1. The summed E-state index contributed by atoms with van der Waals surface area (Å²) in [4.78, 5) is 39.0. The van der Waals surface area contributed by atoms with Gasteiger partial charge in [-0.3, -0.25) is 14.4 Å². The summed E-state index contributed by atoms with van der Waals surface area (Å²) in [5, 5.41) is 6.94. The molecule has 0 unspecified atom stereocenters. The second-order valence-corrected chi connectivity index (χ2v) is 8.53. The van der Waals surface area contributed by atoms with Crippen LogP contribution >= 0.6 is 0 Å². The van der Waals surface area contributed by atoms with Crippen LogP contribution in [-0.2, 0) is 17.8 Å². The lowest BCUT2D eigenvalue weighted by Gasteiger charge is -2.16. The fourth-order valence-corrected chi connectivity index (χ4v) is 4.43. The van der Waals surface area contributed by atoms with Crippen LogP contribution in [0.5, 0.6) is 0 Å². The standard InChI is InChI=1S/C30H25N3O3/c34-28(20-33-26-16-8-5-13-23(26)29(35)24-14-6-9-17-27(24)33)32-25-15-7-4-12-22(25)30(36)31-19-18-21-10-2-1-3-11-21/h1-17H,18-20H2,(H,31,36)(H,32,34). The largest absolute Gasteiger partial charge is 0.352 e. The molecular weight excluding hydrogens is 450 g/mol. The van der Waals surface area contributed by atoms with E-state index in [1.165, 1.54) is 0 Å². The van der Waals surface area contributed by atoms with Gasteiger partial charge in [-0.2, -0.15) is 0 Å². The molecule has 1 aromatic heterocycles. The highest BCUT2D eigenvalue weighted by atomic mass is 16.2. The van der Waals surface area contributed by atoms with Crippen molar-refractivity contribution in [3.8, 4) is 0 Å². The number of carbonyl (C=O) groups is 2. The molecule has 0 saturated heterocycles. The number of nitrogens with zero attached hydrogens (tertiary/aromatic N) is 1. The third-order valence-corrected chi connectivity index (χ3v) is 6.17. The Hall–Kier alpha value is -4.71. The summed E-state index contributed by atoms with van der Waals surface area (Å²) in [5.41, 5.74) is 3.28. The van der Waals surface area contributed by atoms with E-state index < -0.39 is 0 Å². The molecular formula is C30H25N3O3. The van der Waals surface area contributed by atoms with Gasteiger partial charge in [-0.15, -0.1) is 0 Å². The Morgan fingerprint density at radius 3 is 1.97 bits per heavy atom. The molecule has 36 heavy (non-hydrogen) atoms. The highest BCUT2D eigenvalue weighted by Gasteiger charge is 2.16. The minimum absolute atomic E-state index is 0.00866. The molecule has 0 saturated carbocycles. The topological polar surface area (TPSA) is 80.2 Å². The first-order chi connectivity index (χ1) is 17.6. The van der Waals surface area contributed by atoms with Crippen molar-refractivity contribution >= 4 is 39.3 Å². The molecule has 5 aromatic rings. The summed E-state index contributed by atoms with van der Waals surface area (Å²) in [5.74, 6) is -0.542. The van der Waals surface area contributed by atoms with Crippen molar-refractivity contribution in [1.82, 2.24) is 9.88 Å². The van der Waals surface area contributed by atoms with Crippen molar-refractivity contribution < 1.29 is 9.59 Å². The molecule has 0 aliphatic carbocycles. The third-order valence-electron chi connectivity index (χ3n) is 6.17. The fraction of sp³-hybridized carbons (Fsp3) is 0.100. The second kappa shape index (κ2) is 10.3. The molecule has 0 aliphatic heterocycles. The molecule has 2 N–H and O–H groups in total. The monoisotopic (exact) mass is 475 g/mol. The summed E-state index contributed by atoms with van der Waals surface area (Å²) in [6.07, 6.45) is 0.716. The quantitative estimate of drug-likeness (QED) is 0.333. The molecule has 0 aliphatic rings. The first kappa shape index (κ1) is 23.1. The van der Waals surface area contributed by atoms with E-state index >= 15 is 0 Å². The van der Waals surface area contributed by atoms with Crippen molar-refractivity contribution in [3.05, 3.63) is 124 Å². The van der Waals surface area contributed by atoms with Gasteiger partial charge in [-0.05, 0) is 48.4 Å². The number of para-hydroxylation sites is 3. The third kappa shape index (κ3) is 4.74. The van der Waals surface area contributed by atoms with E-state index in [9.17, 15) is 14.4 Å². The zero-order chi connectivity index (χ0) is 24.9. The van der Waals surface area contributed by atoms with Gasteiger partial charge in [0.1, 0.15) is 6.54 Å². The number of hydrogen-bond acceptors (Lipinski definition) is 3. The number of nitrogens with one attached hydrogen (secondary N) is 2. The van der Waals surface area contributed by atoms with Gasteiger partial charge in [-0.1, -0.05) is 66.7 Å². The van der Waals surface area contributed by atoms with Gasteiger partial charge < -0.3 is 15.2 Å². The molecule has 6 heteroatoms. The summed E-state index contributed by atoms with van der Waals surface area (Å²) >= 11 is 0. The lowest BCUT2D eigenvalue weighted by molar-refractivity contribution is -0.116. The number of anilines is 1. The molecule has 178 valence electrons. The molecule has 6 nitrogen and oxygen atoms in total. The second-order valence-electron chi connectivity index (χ2n) is 8.53. The Bertz CT molecular complexity index is 1560. The van der Waals surface area contributed by atoms with Crippen LogP contribution in [0.2, 0.25) is 0 Å². The summed E-state index contributed by atoms with van der Waals surface area (Å²) in [6, 6.07) is 31.4. The number of carbonyl (C=O) groups excluding carboxylic acids is 2. The Morgan fingerprint density at radius 2 is 1.28 bits per heavy atom. The molecule has 0 atom stereocenters.